The fourth-order valence-electron chi connectivity index (χ4n) is 3.38. The molecule has 2 aliphatic heterocycles. The summed E-state index contributed by atoms with van der Waals surface area (Å²) in [5.41, 5.74) is 3.88. The number of methoxy groups -OCH3 is 2. The van der Waals surface area contributed by atoms with Crippen molar-refractivity contribution in [3.05, 3.63) is 63.6 Å². The first-order valence-corrected chi connectivity index (χ1v) is 8.75. The van der Waals surface area contributed by atoms with Gasteiger partial charge in [-0.2, -0.15) is 0 Å². The van der Waals surface area contributed by atoms with Gasteiger partial charge in [-0.25, -0.2) is 4.98 Å². The lowest BCUT2D eigenvalue weighted by Gasteiger charge is -2.25. The van der Waals surface area contributed by atoms with Gasteiger partial charge in [0.2, 0.25) is 0 Å². The molecule has 27 heavy (non-hydrogen) atoms. The molecule has 0 fully saturated rings. The van der Waals surface area contributed by atoms with E-state index in [-0.39, 0.29) is 11.7 Å². The number of allylic oxidation sites excluding steroid dienone is 3. The van der Waals surface area contributed by atoms with E-state index in [2.05, 4.69) is 52.5 Å². The first kappa shape index (κ1) is 17.2. The standard InChI is InChI=1S/C20H22N4O3/c1-11-5-19-21-13(10-24(19)9-12(11)2)6-18-22-15-8-17(27-4)16(26-3)7-14(15)20(25)23-18/h5,7-10,19,21H,6H2,1-4H3,(H,22,23,25). The first-order chi connectivity index (χ1) is 13.0. The molecule has 1 unspecified atom stereocenters. The van der Waals surface area contributed by atoms with Crippen LogP contribution in [0.5, 0.6) is 11.5 Å². The fourth-order valence-corrected chi connectivity index (χ4v) is 3.38. The largest absolute Gasteiger partial charge is 0.493 e. The van der Waals surface area contributed by atoms with Crippen molar-refractivity contribution in [3.8, 4) is 11.5 Å². The minimum atomic E-state index is -0.196. The number of fused-ring (bicyclic) bond motifs is 2. The van der Waals surface area contributed by atoms with Crippen LogP contribution in [0.15, 0.2) is 52.2 Å². The monoisotopic (exact) mass is 366 g/mol. The second kappa shape index (κ2) is 6.50. The van der Waals surface area contributed by atoms with Crippen LogP contribution in [-0.2, 0) is 6.42 Å². The normalized spacial score (nSPS) is 18.4. The topological polar surface area (TPSA) is 79.5 Å². The minimum Gasteiger partial charge on any atom is -0.493 e. The Morgan fingerprint density at radius 1 is 1.11 bits per heavy atom. The summed E-state index contributed by atoms with van der Waals surface area (Å²) in [5, 5.41) is 3.93. The van der Waals surface area contributed by atoms with E-state index in [0.717, 1.165) is 5.70 Å². The number of nitrogens with one attached hydrogen (secondary N) is 2. The average molecular weight is 366 g/mol. The van der Waals surface area contributed by atoms with Gasteiger partial charge in [0.25, 0.3) is 5.56 Å². The highest BCUT2D eigenvalue weighted by molar-refractivity contribution is 5.81. The molecule has 0 saturated carbocycles. The summed E-state index contributed by atoms with van der Waals surface area (Å²) in [6.45, 7) is 4.20. The summed E-state index contributed by atoms with van der Waals surface area (Å²) in [6, 6.07) is 3.38. The van der Waals surface area contributed by atoms with Crippen molar-refractivity contribution >= 4 is 10.9 Å². The van der Waals surface area contributed by atoms with Gasteiger partial charge >= 0.3 is 0 Å². The van der Waals surface area contributed by atoms with E-state index >= 15 is 0 Å². The van der Waals surface area contributed by atoms with Crippen molar-refractivity contribution < 1.29 is 9.47 Å². The van der Waals surface area contributed by atoms with Gasteiger partial charge in [-0.15, -0.1) is 0 Å². The van der Waals surface area contributed by atoms with Crippen LogP contribution in [0.1, 0.15) is 19.7 Å². The maximum absolute atomic E-state index is 12.5. The van der Waals surface area contributed by atoms with Gasteiger partial charge in [0.1, 0.15) is 12.0 Å². The Kier molecular flexibility index (Phi) is 4.14. The molecule has 1 aromatic carbocycles. The Morgan fingerprint density at radius 2 is 1.85 bits per heavy atom. The van der Waals surface area contributed by atoms with Crippen molar-refractivity contribution in [1.29, 1.82) is 0 Å². The zero-order valence-corrected chi connectivity index (χ0v) is 15.8. The van der Waals surface area contributed by atoms with Gasteiger partial charge < -0.3 is 24.7 Å². The molecule has 7 heteroatoms. The second-order valence-corrected chi connectivity index (χ2v) is 6.77. The third kappa shape index (κ3) is 3.05. The molecule has 140 valence electrons. The Morgan fingerprint density at radius 3 is 2.59 bits per heavy atom. The number of hydrogen-bond donors (Lipinski definition) is 2. The molecule has 2 aliphatic rings. The van der Waals surface area contributed by atoms with Gasteiger partial charge in [0.05, 0.1) is 25.1 Å². The number of hydrogen-bond acceptors (Lipinski definition) is 6. The van der Waals surface area contributed by atoms with Crippen molar-refractivity contribution in [2.45, 2.75) is 26.4 Å². The predicted molar refractivity (Wildman–Crippen MR) is 104 cm³/mol. The maximum Gasteiger partial charge on any atom is 0.258 e. The molecule has 0 radical (unpaired) electrons. The molecule has 2 aromatic rings. The zero-order valence-electron chi connectivity index (χ0n) is 15.8. The number of H-pyrrole nitrogens is 1. The fraction of sp³-hybridized carbons (Fsp3) is 0.300. The molecule has 2 N–H and O–H groups in total. The van der Waals surface area contributed by atoms with Crippen LogP contribution in [0.25, 0.3) is 10.9 Å². The van der Waals surface area contributed by atoms with Crippen molar-refractivity contribution in [3.63, 3.8) is 0 Å². The second-order valence-electron chi connectivity index (χ2n) is 6.77. The number of rotatable bonds is 4. The number of aromatic nitrogens is 2. The van der Waals surface area contributed by atoms with Crippen molar-refractivity contribution in [1.82, 2.24) is 20.2 Å². The van der Waals surface area contributed by atoms with E-state index in [1.54, 1.807) is 26.4 Å². The summed E-state index contributed by atoms with van der Waals surface area (Å²) >= 11 is 0. The Labute approximate surface area is 157 Å². The van der Waals surface area contributed by atoms with Gasteiger partial charge in [-0.3, -0.25) is 4.79 Å². The van der Waals surface area contributed by atoms with Crippen LogP contribution in [0.2, 0.25) is 0 Å². The highest BCUT2D eigenvalue weighted by atomic mass is 16.5. The van der Waals surface area contributed by atoms with Crippen LogP contribution in [-0.4, -0.2) is 35.3 Å². The molecule has 0 bridgehead atoms. The van der Waals surface area contributed by atoms with E-state index in [0.29, 0.717) is 34.6 Å². The van der Waals surface area contributed by atoms with Crippen LogP contribution in [0.4, 0.5) is 0 Å². The highest BCUT2D eigenvalue weighted by Gasteiger charge is 2.24. The average Bonchev–Trinajstić information content (AvgIpc) is 3.01. The maximum atomic E-state index is 12.5. The van der Waals surface area contributed by atoms with E-state index in [1.165, 1.54) is 11.1 Å². The van der Waals surface area contributed by atoms with Gasteiger partial charge in [-0.05, 0) is 37.1 Å². The third-order valence-corrected chi connectivity index (χ3v) is 4.95. The Bertz CT molecular complexity index is 1060. The summed E-state index contributed by atoms with van der Waals surface area (Å²) in [6.07, 6.45) is 6.97. The first-order valence-electron chi connectivity index (χ1n) is 8.75. The Hall–Kier alpha value is -3.22. The molecule has 7 nitrogen and oxygen atoms in total. The third-order valence-electron chi connectivity index (χ3n) is 4.95. The lowest BCUT2D eigenvalue weighted by molar-refractivity contribution is 0.355. The quantitative estimate of drug-likeness (QED) is 0.865. The smallest absolute Gasteiger partial charge is 0.258 e. The minimum absolute atomic E-state index is 0.111. The van der Waals surface area contributed by atoms with Crippen LogP contribution in [0.3, 0.4) is 0 Å². The van der Waals surface area contributed by atoms with E-state index in [9.17, 15) is 4.79 Å². The van der Waals surface area contributed by atoms with Gasteiger partial charge in [0.15, 0.2) is 11.5 Å². The number of nitrogens with zero attached hydrogens (tertiary/aromatic N) is 2. The van der Waals surface area contributed by atoms with Crippen molar-refractivity contribution in [2.75, 3.05) is 14.2 Å². The number of ether oxygens (including phenoxy) is 2. The molecule has 3 heterocycles. The molecule has 0 saturated heterocycles. The molecule has 1 atom stereocenters. The molecule has 4 rings (SSSR count). The molecule has 1 aromatic heterocycles. The van der Waals surface area contributed by atoms with Crippen molar-refractivity contribution in [2.24, 2.45) is 0 Å². The lowest BCUT2D eigenvalue weighted by Crippen LogP contribution is -2.33. The summed E-state index contributed by atoms with van der Waals surface area (Å²) in [4.78, 5) is 22.1. The predicted octanol–water partition coefficient (Wildman–Crippen LogP) is 2.42. The lowest BCUT2D eigenvalue weighted by atomic mass is 10.1. The molecular weight excluding hydrogens is 344 g/mol. The summed E-state index contributed by atoms with van der Waals surface area (Å²) in [5.74, 6) is 1.65. The van der Waals surface area contributed by atoms with E-state index in [4.69, 9.17) is 9.47 Å². The number of benzene rings is 1. The summed E-state index contributed by atoms with van der Waals surface area (Å²) < 4.78 is 10.6. The highest BCUT2D eigenvalue weighted by Crippen LogP contribution is 2.30. The van der Waals surface area contributed by atoms with E-state index < -0.39 is 0 Å². The number of aromatic amines is 1. The Balaban J connectivity index is 1.66. The van der Waals surface area contributed by atoms with Crippen LogP contribution < -0.4 is 20.3 Å². The SMILES string of the molecule is COc1cc2nc(CC3=CN4C=C(C)C(C)=CC4N3)[nH]c(=O)c2cc1OC. The van der Waals surface area contributed by atoms with Gasteiger partial charge in [-0.1, -0.05) is 0 Å². The molecular formula is C20H22N4O3. The van der Waals surface area contributed by atoms with Crippen LogP contribution >= 0.6 is 0 Å². The molecule has 0 aliphatic carbocycles. The van der Waals surface area contributed by atoms with E-state index in [1.807, 2.05) is 0 Å². The zero-order chi connectivity index (χ0) is 19.1. The molecule has 0 spiro atoms. The van der Waals surface area contributed by atoms with Crippen LogP contribution in [0, 0.1) is 0 Å². The molecule has 0 amide bonds. The summed E-state index contributed by atoms with van der Waals surface area (Å²) in [7, 11) is 3.10. The van der Waals surface area contributed by atoms with Gasteiger partial charge in [0, 0.05) is 30.6 Å².